The van der Waals surface area contributed by atoms with Crippen molar-refractivity contribution in [2.45, 2.75) is 32.7 Å². The van der Waals surface area contributed by atoms with Gasteiger partial charge >= 0.3 is 0 Å². The summed E-state index contributed by atoms with van der Waals surface area (Å²) < 4.78 is 5.18. The lowest BCUT2D eigenvalue weighted by Gasteiger charge is -2.13. The van der Waals surface area contributed by atoms with Crippen LogP contribution in [0, 0.1) is 0 Å². The molecular weight excluding hydrogens is 154 g/mol. The second kappa shape index (κ2) is 8.97. The molecule has 0 aliphatic carbocycles. The summed E-state index contributed by atoms with van der Waals surface area (Å²) in [6, 6.07) is 0.256. The van der Waals surface area contributed by atoms with Crippen LogP contribution in [0.25, 0.3) is 0 Å². The zero-order chi connectivity index (χ0) is 9.23. The molecular formula is C9H21NO2. The minimum atomic E-state index is 0.227. The first-order valence-electron chi connectivity index (χ1n) is 4.77. The van der Waals surface area contributed by atoms with Crippen LogP contribution < -0.4 is 5.32 Å². The van der Waals surface area contributed by atoms with Gasteiger partial charge in [-0.3, -0.25) is 0 Å². The van der Waals surface area contributed by atoms with Gasteiger partial charge in [0.1, 0.15) is 0 Å². The summed E-state index contributed by atoms with van der Waals surface area (Å²) in [7, 11) is 0. The van der Waals surface area contributed by atoms with Gasteiger partial charge in [-0.2, -0.15) is 0 Å². The van der Waals surface area contributed by atoms with Gasteiger partial charge in [-0.1, -0.05) is 6.92 Å². The lowest BCUT2D eigenvalue weighted by molar-refractivity contribution is 0.142. The molecule has 0 amide bonds. The number of ether oxygens (including phenoxy) is 1. The molecule has 0 aliphatic rings. The molecule has 1 atom stereocenters. The fourth-order valence-electron chi connectivity index (χ4n) is 0.963. The summed E-state index contributed by atoms with van der Waals surface area (Å²) in [5.74, 6) is 0. The van der Waals surface area contributed by atoms with Gasteiger partial charge in [-0.15, -0.1) is 0 Å². The lowest BCUT2D eigenvalue weighted by atomic mass is 10.2. The highest BCUT2D eigenvalue weighted by atomic mass is 16.5. The van der Waals surface area contributed by atoms with Crippen LogP contribution in [0.15, 0.2) is 0 Å². The third kappa shape index (κ3) is 6.58. The van der Waals surface area contributed by atoms with Crippen LogP contribution in [0.5, 0.6) is 0 Å². The van der Waals surface area contributed by atoms with Gasteiger partial charge in [0.25, 0.3) is 0 Å². The van der Waals surface area contributed by atoms with Crippen LogP contribution in [-0.2, 0) is 4.74 Å². The highest BCUT2D eigenvalue weighted by Crippen LogP contribution is 1.89. The predicted octanol–water partition coefficient (Wildman–Crippen LogP) is 0.774. The predicted molar refractivity (Wildman–Crippen MR) is 50.3 cm³/mol. The molecule has 0 radical (unpaired) electrons. The Hall–Kier alpha value is -0.120. The van der Waals surface area contributed by atoms with Crippen molar-refractivity contribution < 1.29 is 9.84 Å². The van der Waals surface area contributed by atoms with E-state index in [2.05, 4.69) is 12.2 Å². The molecule has 0 aromatic carbocycles. The molecule has 12 heavy (non-hydrogen) atoms. The van der Waals surface area contributed by atoms with Crippen LogP contribution in [0.1, 0.15) is 26.7 Å². The molecule has 0 bridgehead atoms. The molecule has 0 heterocycles. The second-order valence-corrected chi connectivity index (χ2v) is 2.79. The van der Waals surface area contributed by atoms with Crippen molar-refractivity contribution in [3.63, 3.8) is 0 Å². The van der Waals surface area contributed by atoms with Gasteiger partial charge in [0.05, 0.1) is 6.61 Å². The number of nitrogens with one attached hydrogen (secondary N) is 1. The molecule has 0 spiro atoms. The summed E-state index contributed by atoms with van der Waals surface area (Å²) in [6.45, 7) is 6.82. The fraction of sp³-hybridized carbons (Fsp3) is 1.00. The Morgan fingerprint density at radius 1 is 1.42 bits per heavy atom. The molecule has 1 unspecified atom stereocenters. The summed E-state index contributed by atoms with van der Waals surface area (Å²) in [5, 5.41) is 12.1. The first-order valence-corrected chi connectivity index (χ1v) is 4.77. The average Bonchev–Trinajstić information content (AvgIpc) is 2.11. The summed E-state index contributed by atoms with van der Waals surface area (Å²) in [4.78, 5) is 0. The molecule has 0 rings (SSSR count). The summed E-state index contributed by atoms with van der Waals surface area (Å²) >= 11 is 0. The van der Waals surface area contributed by atoms with Crippen molar-refractivity contribution in [1.29, 1.82) is 0 Å². The van der Waals surface area contributed by atoms with E-state index in [1.165, 1.54) is 0 Å². The highest BCUT2D eigenvalue weighted by Gasteiger charge is 2.01. The van der Waals surface area contributed by atoms with Crippen LogP contribution in [-0.4, -0.2) is 37.5 Å². The van der Waals surface area contributed by atoms with E-state index in [1.54, 1.807) is 0 Å². The van der Waals surface area contributed by atoms with Gasteiger partial charge in [0.15, 0.2) is 0 Å². The monoisotopic (exact) mass is 175 g/mol. The molecule has 0 aromatic rings. The third-order valence-corrected chi connectivity index (χ3v) is 1.82. The first-order chi connectivity index (χ1) is 5.85. The largest absolute Gasteiger partial charge is 0.395 e. The summed E-state index contributed by atoms with van der Waals surface area (Å²) in [6.07, 6.45) is 2.00. The normalized spacial score (nSPS) is 13.2. The number of hydrogen-bond acceptors (Lipinski definition) is 3. The van der Waals surface area contributed by atoms with E-state index >= 15 is 0 Å². The Morgan fingerprint density at radius 3 is 2.67 bits per heavy atom. The third-order valence-electron chi connectivity index (χ3n) is 1.82. The van der Waals surface area contributed by atoms with Gasteiger partial charge in [0, 0.05) is 19.3 Å². The molecule has 3 nitrogen and oxygen atoms in total. The number of aliphatic hydroxyl groups is 1. The zero-order valence-electron chi connectivity index (χ0n) is 8.18. The first kappa shape index (κ1) is 11.9. The standard InChI is InChI=1S/C9H21NO2/c1-3-9(8-11)10-6-5-7-12-4-2/h9-11H,3-8H2,1-2H3. The number of hydrogen-bond donors (Lipinski definition) is 2. The molecule has 2 N–H and O–H groups in total. The van der Waals surface area contributed by atoms with Crippen LogP contribution in [0.4, 0.5) is 0 Å². The molecule has 0 saturated carbocycles. The van der Waals surface area contributed by atoms with E-state index in [0.717, 1.165) is 32.6 Å². The Bertz CT molecular complexity index is 84.6. The van der Waals surface area contributed by atoms with Crippen molar-refractivity contribution in [1.82, 2.24) is 5.32 Å². The molecule has 0 aromatic heterocycles. The van der Waals surface area contributed by atoms with Gasteiger partial charge in [-0.25, -0.2) is 0 Å². The van der Waals surface area contributed by atoms with E-state index in [0.29, 0.717) is 0 Å². The Kier molecular flexibility index (Phi) is 8.88. The maximum atomic E-state index is 8.83. The van der Waals surface area contributed by atoms with Crippen LogP contribution in [0.2, 0.25) is 0 Å². The maximum Gasteiger partial charge on any atom is 0.0584 e. The topological polar surface area (TPSA) is 41.5 Å². The van der Waals surface area contributed by atoms with E-state index < -0.39 is 0 Å². The van der Waals surface area contributed by atoms with E-state index in [1.807, 2.05) is 6.92 Å². The Balaban J connectivity index is 3.06. The Morgan fingerprint density at radius 2 is 2.17 bits per heavy atom. The average molecular weight is 175 g/mol. The number of rotatable bonds is 8. The molecule has 0 aliphatic heterocycles. The molecule has 74 valence electrons. The van der Waals surface area contributed by atoms with E-state index in [4.69, 9.17) is 9.84 Å². The molecule has 0 saturated heterocycles. The van der Waals surface area contributed by atoms with E-state index in [-0.39, 0.29) is 12.6 Å². The lowest BCUT2D eigenvalue weighted by Crippen LogP contribution is -2.32. The van der Waals surface area contributed by atoms with Crippen molar-refractivity contribution in [3.05, 3.63) is 0 Å². The molecule has 0 fully saturated rings. The quantitative estimate of drug-likeness (QED) is 0.535. The van der Waals surface area contributed by atoms with Gasteiger partial charge in [-0.05, 0) is 26.3 Å². The van der Waals surface area contributed by atoms with Crippen molar-refractivity contribution in [2.24, 2.45) is 0 Å². The van der Waals surface area contributed by atoms with E-state index in [9.17, 15) is 0 Å². The Labute approximate surface area is 75.1 Å². The minimum absolute atomic E-state index is 0.227. The smallest absolute Gasteiger partial charge is 0.0584 e. The fourth-order valence-corrected chi connectivity index (χ4v) is 0.963. The number of aliphatic hydroxyl groups excluding tert-OH is 1. The molecule has 3 heteroatoms. The van der Waals surface area contributed by atoms with Crippen molar-refractivity contribution in [2.75, 3.05) is 26.4 Å². The minimum Gasteiger partial charge on any atom is -0.395 e. The van der Waals surface area contributed by atoms with Gasteiger partial charge in [0.2, 0.25) is 0 Å². The highest BCUT2D eigenvalue weighted by molar-refractivity contribution is 4.61. The van der Waals surface area contributed by atoms with Gasteiger partial charge < -0.3 is 15.2 Å². The summed E-state index contributed by atoms with van der Waals surface area (Å²) in [5.41, 5.74) is 0. The van der Waals surface area contributed by atoms with Crippen molar-refractivity contribution in [3.8, 4) is 0 Å². The van der Waals surface area contributed by atoms with Crippen LogP contribution in [0.3, 0.4) is 0 Å². The van der Waals surface area contributed by atoms with Crippen LogP contribution >= 0.6 is 0 Å². The second-order valence-electron chi connectivity index (χ2n) is 2.79. The maximum absolute atomic E-state index is 8.83. The van der Waals surface area contributed by atoms with Crippen molar-refractivity contribution >= 4 is 0 Å². The SMILES string of the molecule is CCOCCCNC(CC)CO. The zero-order valence-corrected chi connectivity index (χ0v) is 8.18.